The van der Waals surface area contributed by atoms with Crippen LogP contribution in [-0.2, 0) is 16.1 Å². The number of nitrogens with one attached hydrogen (secondary N) is 2. The van der Waals surface area contributed by atoms with E-state index in [1.165, 1.54) is 4.68 Å². The first-order valence-electron chi connectivity index (χ1n) is 11.1. The lowest BCUT2D eigenvalue weighted by atomic mass is 10.0. The number of halogens is 1. The van der Waals surface area contributed by atoms with Gasteiger partial charge >= 0.3 is 0 Å². The molecule has 1 amide bonds. The van der Waals surface area contributed by atoms with E-state index in [0.29, 0.717) is 24.7 Å². The third kappa shape index (κ3) is 5.02. The van der Waals surface area contributed by atoms with Gasteiger partial charge in [0.1, 0.15) is 12.2 Å². The van der Waals surface area contributed by atoms with E-state index in [1.54, 1.807) is 19.1 Å². The maximum atomic E-state index is 15.1. The average molecular weight is 463 g/mol. The molecule has 1 fully saturated rings. The predicted molar refractivity (Wildman–Crippen MR) is 128 cm³/mol. The number of nitrogens with zero attached hydrogens (tertiary/aromatic N) is 4. The molecule has 2 heterocycles. The molecule has 176 valence electrons. The van der Waals surface area contributed by atoms with Crippen LogP contribution in [0.15, 0.2) is 42.5 Å². The molecular weight excluding hydrogens is 435 g/mol. The van der Waals surface area contributed by atoms with Gasteiger partial charge in [-0.3, -0.25) is 10.2 Å². The lowest BCUT2D eigenvalue weighted by Crippen LogP contribution is -2.36. The first-order chi connectivity index (χ1) is 16.5. The van der Waals surface area contributed by atoms with Crippen molar-refractivity contribution in [3.8, 4) is 17.2 Å². The zero-order valence-electron chi connectivity index (χ0n) is 19.3. The quantitative estimate of drug-likeness (QED) is 0.556. The molecule has 0 unspecified atom stereocenters. The van der Waals surface area contributed by atoms with Crippen molar-refractivity contribution in [2.24, 2.45) is 0 Å². The number of ether oxygens (including phenoxy) is 1. The van der Waals surface area contributed by atoms with Gasteiger partial charge in [-0.05, 0) is 31.5 Å². The van der Waals surface area contributed by atoms with E-state index in [4.69, 9.17) is 10.00 Å². The normalized spacial score (nSPS) is 13.4. The number of benzene rings is 2. The highest BCUT2D eigenvalue weighted by molar-refractivity contribution is 5.86. The first-order valence-corrected chi connectivity index (χ1v) is 11.1. The van der Waals surface area contributed by atoms with Gasteiger partial charge in [-0.1, -0.05) is 30.3 Å². The topological polar surface area (TPSA) is 95.2 Å². The summed E-state index contributed by atoms with van der Waals surface area (Å²) < 4.78 is 22.1. The van der Waals surface area contributed by atoms with Crippen LogP contribution in [0.3, 0.4) is 0 Å². The Balaban J connectivity index is 1.52. The Kier molecular flexibility index (Phi) is 7.09. The SMILES string of the molecule is Cc1nc(NCc2ccc(-c3ccccc3N3CCOCC3)cc2F)n(NC(=O)CC#N)c1C. The molecule has 1 aliphatic rings. The van der Waals surface area contributed by atoms with E-state index in [0.717, 1.165) is 41.3 Å². The van der Waals surface area contributed by atoms with Crippen molar-refractivity contribution in [3.05, 3.63) is 65.2 Å². The fraction of sp³-hybridized carbons (Fsp3) is 0.320. The predicted octanol–water partition coefficient (Wildman–Crippen LogP) is 3.74. The van der Waals surface area contributed by atoms with Gasteiger partial charge in [0.15, 0.2) is 0 Å². The van der Waals surface area contributed by atoms with Gasteiger partial charge in [0.2, 0.25) is 5.95 Å². The number of aryl methyl sites for hydroxylation is 1. The number of amides is 1. The maximum Gasteiger partial charge on any atom is 0.253 e. The molecule has 1 aliphatic heterocycles. The number of imidazole rings is 1. The minimum atomic E-state index is -0.444. The maximum absolute atomic E-state index is 15.1. The summed E-state index contributed by atoms with van der Waals surface area (Å²) in [5, 5.41) is 11.8. The largest absolute Gasteiger partial charge is 0.378 e. The standard InChI is InChI=1S/C25H27FN6O2/c1-17-18(2)32(30-24(33)9-10-27)25(29-17)28-16-20-8-7-19(15-22(20)26)21-5-3-4-6-23(21)31-11-13-34-14-12-31/h3-8,15H,9,11-14,16H2,1-2H3,(H,28,29)(H,30,33). The second-order valence-corrected chi connectivity index (χ2v) is 8.09. The van der Waals surface area contributed by atoms with E-state index in [2.05, 4.69) is 26.7 Å². The molecule has 0 atom stereocenters. The van der Waals surface area contributed by atoms with Crippen molar-refractivity contribution in [2.75, 3.05) is 41.9 Å². The van der Waals surface area contributed by atoms with Gasteiger partial charge in [-0.15, -0.1) is 0 Å². The Morgan fingerprint density at radius 1 is 1.21 bits per heavy atom. The molecule has 0 bridgehead atoms. The van der Waals surface area contributed by atoms with E-state index in [-0.39, 0.29) is 18.8 Å². The van der Waals surface area contributed by atoms with Crippen LogP contribution < -0.4 is 15.6 Å². The Bertz CT molecular complexity index is 1230. The lowest BCUT2D eigenvalue weighted by Gasteiger charge is -2.30. The van der Waals surface area contributed by atoms with Gasteiger partial charge in [0, 0.05) is 36.4 Å². The second-order valence-electron chi connectivity index (χ2n) is 8.09. The molecule has 4 rings (SSSR count). The fourth-order valence-corrected chi connectivity index (χ4v) is 3.93. The Hall–Kier alpha value is -3.90. The summed E-state index contributed by atoms with van der Waals surface area (Å²) in [5.41, 5.74) is 7.41. The van der Waals surface area contributed by atoms with Crippen LogP contribution in [0.1, 0.15) is 23.4 Å². The lowest BCUT2D eigenvalue weighted by molar-refractivity contribution is -0.116. The van der Waals surface area contributed by atoms with Crippen LogP contribution in [0.4, 0.5) is 16.0 Å². The molecule has 1 aromatic heterocycles. The van der Waals surface area contributed by atoms with Crippen LogP contribution in [0, 0.1) is 31.0 Å². The molecule has 8 nitrogen and oxygen atoms in total. The molecule has 2 N–H and O–H groups in total. The molecule has 0 saturated carbocycles. The number of rotatable bonds is 7. The molecule has 1 saturated heterocycles. The number of carbonyl (C=O) groups excluding carboxylic acids is 1. The third-order valence-electron chi connectivity index (χ3n) is 5.88. The number of aromatic nitrogens is 2. The van der Waals surface area contributed by atoms with Crippen molar-refractivity contribution < 1.29 is 13.9 Å². The molecule has 34 heavy (non-hydrogen) atoms. The number of hydrogen-bond donors (Lipinski definition) is 2. The summed E-state index contributed by atoms with van der Waals surface area (Å²) >= 11 is 0. The first kappa shape index (κ1) is 23.3. The van der Waals surface area contributed by atoms with Gasteiger partial charge in [0.05, 0.1) is 30.7 Å². The molecule has 3 aromatic rings. The van der Waals surface area contributed by atoms with Gasteiger partial charge in [0.25, 0.3) is 5.91 Å². The monoisotopic (exact) mass is 462 g/mol. The molecule has 0 radical (unpaired) electrons. The molecule has 0 aliphatic carbocycles. The minimum absolute atomic E-state index is 0.182. The third-order valence-corrected chi connectivity index (χ3v) is 5.88. The molecule has 2 aromatic carbocycles. The van der Waals surface area contributed by atoms with Crippen LogP contribution >= 0.6 is 0 Å². The highest BCUT2D eigenvalue weighted by atomic mass is 19.1. The number of nitriles is 1. The summed E-state index contributed by atoms with van der Waals surface area (Å²) in [5.74, 6) is -0.398. The summed E-state index contributed by atoms with van der Waals surface area (Å²) in [6.07, 6.45) is -0.266. The second kappa shape index (κ2) is 10.4. The fourth-order valence-electron chi connectivity index (χ4n) is 3.93. The zero-order chi connectivity index (χ0) is 24.1. The van der Waals surface area contributed by atoms with Gasteiger partial charge in [-0.25, -0.2) is 14.1 Å². The van der Waals surface area contributed by atoms with E-state index in [9.17, 15) is 4.79 Å². The highest BCUT2D eigenvalue weighted by Crippen LogP contribution is 2.32. The van der Waals surface area contributed by atoms with Crippen LogP contribution in [-0.4, -0.2) is 41.9 Å². The zero-order valence-corrected chi connectivity index (χ0v) is 19.3. The number of carbonyl (C=O) groups is 1. The van der Waals surface area contributed by atoms with E-state index >= 15 is 4.39 Å². The Labute approximate surface area is 197 Å². The molecule has 9 heteroatoms. The smallest absolute Gasteiger partial charge is 0.253 e. The van der Waals surface area contributed by atoms with Crippen molar-refractivity contribution >= 4 is 17.5 Å². The average Bonchev–Trinajstić information content (AvgIpc) is 3.11. The molecule has 0 spiro atoms. The summed E-state index contributed by atoms with van der Waals surface area (Å²) in [4.78, 5) is 18.6. The van der Waals surface area contributed by atoms with E-state index in [1.807, 2.05) is 37.3 Å². The molecular formula is C25H27FN6O2. The highest BCUT2D eigenvalue weighted by Gasteiger charge is 2.17. The number of anilines is 2. The van der Waals surface area contributed by atoms with Crippen molar-refractivity contribution in [3.63, 3.8) is 0 Å². The van der Waals surface area contributed by atoms with Crippen LogP contribution in [0.5, 0.6) is 0 Å². The van der Waals surface area contributed by atoms with Crippen molar-refractivity contribution in [1.29, 1.82) is 5.26 Å². The van der Waals surface area contributed by atoms with Crippen molar-refractivity contribution in [2.45, 2.75) is 26.8 Å². The minimum Gasteiger partial charge on any atom is -0.378 e. The number of hydrogen-bond acceptors (Lipinski definition) is 6. The van der Waals surface area contributed by atoms with Crippen LogP contribution in [0.2, 0.25) is 0 Å². The van der Waals surface area contributed by atoms with Crippen molar-refractivity contribution in [1.82, 2.24) is 9.66 Å². The van der Waals surface area contributed by atoms with Gasteiger partial charge < -0.3 is 15.0 Å². The van der Waals surface area contributed by atoms with Crippen LogP contribution in [0.25, 0.3) is 11.1 Å². The van der Waals surface area contributed by atoms with E-state index < -0.39 is 5.91 Å². The summed E-state index contributed by atoms with van der Waals surface area (Å²) in [7, 11) is 0. The van der Waals surface area contributed by atoms with Gasteiger partial charge in [-0.2, -0.15) is 5.26 Å². The summed E-state index contributed by atoms with van der Waals surface area (Å²) in [6.45, 7) is 6.77. The number of morpholine rings is 1. The Morgan fingerprint density at radius 3 is 2.71 bits per heavy atom. The summed E-state index contributed by atoms with van der Waals surface area (Å²) in [6, 6.07) is 15.0. The number of para-hydroxylation sites is 1. The Morgan fingerprint density at radius 2 is 1.97 bits per heavy atom.